The van der Waals surface area contributed by atoms with E-state index < -0.39 is 29.9 Å². The average Bonchev–Trinajstić information content (AvgIpc) is 3.39. The SMILES string of the molecule is NC(COC(c1ccccc1)(c1ccccc1)c1ccccc1)(NC(=O)OCC1c2ccccc2-c2ccccc21)C(=O)O. The van der Waals surface area contributed by atoms with Crippen LogP contribution < -0.4 is 11.1 Å². The number of carbonyl (C=O) groups excluding carboxylic acids is 1. The van der Waals surface area contributed by atoms with E-state index in [-0.39, 0.29) is 12.5 Å². The maximum absolute atomic E-state index is 13.1. The van der Waals surface area contributed by atoms with Crippen LogP contribution in [0.5, 0.6) is 0 Å². The minimum absolute atomic E-state index is 0.0123. The minimum atomic E-state index is -2.30. The zero-order valence-corrected chi connectivity index (χ0v) is 23.9. The van der Waals surface area contributed by atoms with Crippen molar-refractivity contribution in [3.63, 3.8) is 0 Å². The first-order chi connectivity index (χ1) is 21.4. The van der Waals surface area contributed by atoms with Gasteiger partial charge < -0.3 is 14.6 Å². The second-order valence-electron chi connectivity index (χ2n) is 10.8. The maximum atomic E-state index is 13.1. The number of carboxylic acid groups (broad SMARTS) is 1. The molecule has 1 aliphatic rings. The number of hydrogen-bond donors (Lipinski definition) is 3. The molecule has 1 unspecified atom stereocenters. The highest BCUT2D eigenvalue weighted by atomic mass is 16.6. The van der Waals surface area contributed by atoms with Gasteiger partial charge >= 0.3 is 12.1 Å². The molecule has 5 aromatic rings. The molecule has 1 atom stereocenters. The molecule has 0 heterocycles. The van der Waals surface area contributed by atoms with Crippen molar-refractivity contribution in [1.82, 2.24) is 5.32 Å². The molecule has 44 heavy (non-hydrogen) atoms. The van der Waals surface area contributed by atoms with Gasteiger partial charge in [-0.2, -0.15) is 0 Å². The molecule has 0 saturated carbocycles. The predicted molar refractivity (Wildman–Crippen MR) is 168 cm³/mol. The average molecular weight is 585 g/mol. The van der Waals surface area contributed by atoms with Gasteiger partial charge in [-0.3, -0.25) is 11.1 Å². The zero-order valence-electron chi connectivity index (χ0n) is 23.9. The summed E-state index contributed by atoms with van der Waals surface area (Å²) in [4.78, 5) is 25.7. The lowest BCUT2D eigenvalue weighted by atomic mass is 9.80. The summed E-state index contributed by atoms with van der Waals surface area (Å²) in [6.07, 6.45) is -0.954. The van der Waals surface area contributed by atoms with Gasteiger partial charge in [0.1, 0.15) is 12.2 Å². The van der Waals surface area contributed by atoms with E-state index in [2.05, 4.69) is 5.32 Å². The van der Waals surface area contributed by atoms with E-state index in [1.807, 2.05) is 140 Å². The van der Waals surface area contributed by atoms with E-state index in [4.69, 9.17) is 15.2 Å². The highest BCUT2D eigenvalue weighted by Gasteiger charge is 2.44. The molecule has 1 aliphatic carbocycles. The molecular weight excluding hydrogens is 552 g/mol. The van der Waals surface area contributed by atoms with Crippen LogP contribution in [0.3, 0.4) is 0 Å². The van der Waals surface area contributed by atoms with Crippen molar-refractivity contribution < 1.29 is 24.2 Å². The standard InChI is InChI=1S/C37H32N2O5/c38-36(34(40)41,39-35(42)43-24-33-31-22-12-10-20-29(31)30-21-11-13-23-32(30)33)25-44-37(26-14-4-1-5-15-26,27-16-6-2-7-17-27)28-18-8-3-9-19-28/h1-23,33H,24-25,38H2,(H,39,42)(H,40,41). The minimum Gasteiger partial charge on any atom is -0.478 e. The molecule has 6 rings (SSSR count). The molecule has 0 saturated heterocycles. The number of carbonyl (C=O) groups is 2. The molecule has 4 N–H and O–H groups in total. The third kappa shape index (κ3) is 5.35. The summed E-state index contributed by atoms with van der Waals surface area (Å²) in [5.74, 6) is -1.66. The van der Waals surface area contributed by atoms with Crippen LogP contribution in [0, 0.1) is 0 Å². The molecule has 7 nitrogen and oxygen atoms in total. The predicted octanol–water partition coefficient (Wildman–Crippen LogP) is 6.27. The fourth-order valence-corrected chi connectivity index (χ4v) is 5.96. The number of nitrogens with two attached hydrogens (primary N) is 1. The van der Waals surface area contributed by atoms with Crippen molar-refractivity contribution >= 4 is 12.1 Å². The molecule has 0 spiro atoms. The number of rotatable bonds is 10. The smallest absolute Gasteiger partial charge is 0.409 e. The van der Waals surface area contributed by atoms with Gasteiger partial charge in [0, 0.05) is 5.92 Å². The van der Waals surface area contributed by atoms with Crippen molar-refractivity contribution in [3.05, 3.63) is 167 Å². The van der Waals surface area contributed by atoms with Crippen LogP contribution in [0.25, 0.3) is 11.1 Å². The Morgan fingerprint density at radius 2 is 1.07 bits per heavy atom. The first kappa shape index (κ1) is 28.9. The largest absolute Gasteiger partial charge is 0.478 e. The van der Waals surface area contributed by atoms with Crippen molar-refractivity contribution in [2.24, 2.45) is 5.73 Å². The normalized spacial score (nSPS) is 13.8. The summed E-state index contributed by atoms with van der Waals surface area (Å²) >= 11 is 0. The monoisotopic (exact) mass is 584 g/mol. The molecule has 220 valence electrons. The van der Waals surface area contributed by atoms with Gasteiger partial charge in [-0.1, -0.05) is 140 Å². The highest BCUT2D eigenvalue weighted by Crippen LogP contribution is 2.44. The summed E-state index contributed by atoms with van der Waals surface area (Å²) < 4.78 is 12.2. The zero-order chi connectivity index (χ0) is 30.6. The lowest BCUT2D eigenvalue weighted by Gasteiger charge is -2.38. The van der Waals surface area contributed by atoms with E-state index in [1.165, 1.54) is 0 Å². The van der Waals surface area contributed by atoms with Crippen LogP contribution in [0.2, 0.25) is 0 Å². The first-order valence-corrected chi connectivity index (χ1v) is 14.4. The number of nitrogens with one attached hydrogen (secondary N) is 1. The number of aliphatic carboxylic acids is 1. The van der Waals surface area contributed by atoms with Gasteiger partial charge in [0.25, 0.3) is 0 Å². The second kappa shape index (κ2) is 12.2. The Bertz CT molecular complexity index is 1620. The van der Waals surface area contributed by atoms with Crippen LogP contribution in [-0.4, -0.2) is 36.0 Å². The van der Waals surface area contributed by atoms with Gasteiger partial charge in [-0.15, -0.1) is 0 Å². The van der Waals surface area contributed by atoms with Gasteiger partial charge in [0.05, 0.1) is 6.61 Å². The van der Waals surface area contributed by atoms with Crippen molar-refractivity contribution in [2.75, 3.05) is 13.2 Å². The second-order valence-corrected chi connectivity index (χ2v) is 10.8. The third-order valence-corrected chi connectivity index (χ3v) is 8.11. The topological polar surface area (TPSA) is 111 Å². The summed E-state index contributed by atoms with van der Waals surface area (Å²) in [7, 11) is 0. The molecule has 5 aromatic carbocycles. The lowest BCUT2D eigenvalue weighted by molar-refractivity contribution is -0.149. The fourth-order valence-electron chi connectivity index (χ4n) is 5.96. The molecule has 7 heteroatoms. The Morgan fingerprint density at radius 3 is 1.50 bits per heavy atom. The number of benzene rings is 5. The number of ether oxygens (including phenoxy) is 2. The first-order valence-electron chi connectivity index (χ1n) is 14.4. The fraction of sp³-hybridized carbons (Fsp3) is 0.135. The third-order valence-electron chi connectivity index (χ3n) is 8.11. The van der Waals surface area contributed by atoms with Crippen LogP contribution in [-0.2, 0) is 19.9 Å². The number of carboxylic acids is 1. The summed E-state index contributed by atoms with van der Waals surface area (Å²) in [5, 5.41) is 12.6. The summed E-state index contributed by atoms with van der Waals surface area (Å²) in [6.45, 7) is -0.552. The molecular formula is C37H32N2O5. The van der Waals surface area contributed by atoms with Gasteiger partial charge in [0.15, 0.2) is 0 Å². The van der Waals surface area contributed by atoms with Crippen molar-refractivity contribution in [2.45, 2.75) is 17.2 Å². The molecule has 0 radical (unpaired) electrons. The Balaban J connectivity index is 1.26. The van der Waals surface area contributed by atoms with Gasteiger partial charge in [-0.05, 0) is 38.9 Å². The van der Waals surface area contributed by atoms with Gasteiger partial charge in [0.2, 0.25) is 5.66 Å². The van der Waals surface area contributed by atoms with E-state index in [1.54, 1.807) is 0 Å². The molecule has 0 aliphatic heterocycles. The van der Waals surface area contributed by atoms with Crippen molar-refractivity contribution in [1.29, 1.82) is 0 Å². The van der Waals surface area contributed by atoms with Crippen LogP contribution >= 0.6 is 0 Å². The van der Waals surface area contributed by atoms with E-state index in [0.717, 1.165) is 38.9 Å². The maximum Gasteiger partial charge on any atom is 0.409 e. The number of alkyl carbamates (subject to hydrolysis) is 1. The quantitative estimate of drug-likeness (QED) is 0.132. The molecule has 0 bridgehead atoms. The number of amides is 1. The van der Waals surface area contributed by atoms with Gasteiger partial charge in [-0.25, -0.2) is 9.59 Å². The Morgan fingerprint density at radius 1 is 0.659 bits per heavy atom. The van der Waals surface area contributed by atoms with Crippen molar-refractivity contribution in [3.8, 4) is 11.1 Å². The molecule has 0 fully saturated rings. The van der Waals surface area contributed by atoms with Crippen LogP contribution in [0.15, 0.2) is 140 Å². The molecule has 0 aromatic heterocycles. The highest BCUT2D eigenvalue weighted by molar-refractivity contribution is 5.84. The van der Waals surface area contributed by atoms with Crippen LogP contribution in [0.4, 0.5) is 4.79 Å². The van der Waals surface area contributed by atoms with E-state index in [9.17, 15) is 14.7 Å². The van der Waals surface area contributed by atoms with E-state index in [0.29, 0.717) is 0 Å². The number of fused-ring (bicyclic) bond motifs is 3. The lowest BCUT2D eigenvalue weighted by Crippen LogP contribution is -2.65. The molecule has 1 amide bonds. The Hall–Kier alpha value is -5.24. The van der Waals surface area contributed by atoms with Crippen LogP contribution in [0.1, 0.15) is 33.7 Å². The Labute approximate surface area is 255 Å². The summed E-state index contributed by atoms with van der Waals surface area (Å²) in [6, 6.07) is 44.5. The number of hydrogen-bond acceptors (Lipinski definition) is 5. The van der Waals surface area contributed by atoms with E-state index >= 15 is 0 Å². The Kier molecular flexibility index (Phi) is 7.98. The summed E-state index contributed by atoms with van der Waals surface area (Å²) in [5.41, 5.74) is 9.42.